The van der Waals surface area contributed by atoms with Crippen molar-refractivity contribution in [2.45, 2.75) is 16.7 Å². The van der Waals surface area contributed by atoms with Gasteiger partial charge in [-0.15, -0.1) is 0 Å². The second-order valence-corrected chi connectivity index (χ2v) is 4.11. The molecule has 2 rings (SSSR count). The van der Waals surface area contributed by atoms with Crippen LogP contribution in [-0.2, 0) is 0 Å². The van der Waals surface area contributed by atoms with E-state index in [1.54, 1.807) is 6.92 Å². The van der Waals surface area contributed by atoms with Crippen molar-refractivity contribution in [3.8, 4) is 0 Å². The molecular weight excluding hydrogens is 196 g/mol. The van der Waals surface area contributed by atoms with Gasteiger partial charge in [0.15, 0.2) is 0 Å². The second-order valence-electron chi connectivity index (χ2n) is 3.03. The summed E-state index contributed by atoms with van der Waals surface area (Å²) in [6.45, 7) is 1.69. The molecule has 0 aliphatic rings. The lowest BCUT2D eigenvalue weighted by Crippen LogP contribution is -2.35. The standard InChI is InChI=1S/C11H8O2S/c1-7-9(12)10(13)11(7)14-8-5-3-2-4-6-8/h2-6H,1H3. The Morgan fingerprint density at radius 2 is 1.64 bits per heavy atom. The van der Waals surface area contributed by atoms with E-state index >= 15 is 0 Å². The molecule has 0 bridgehead atoms. The second kappa shape index (κ2) is 3.42. The predicted octanol–water partition coefficient (Wildman–Crippen LogP) is 1.74. The Morgan fingerprint density at radius 1 is 1.00 bits per heavy atom. The van der Waals surface area contributed by atoms with Crippen LogP contribution in [0.1, 0.15) is 5.56 Å². The van der Waals surface area contributed by atoms with Crippen molar-refractivity contribution < 1.29 is 0 Å². The van der Waals surface area contributed by atoms with Crippen molar-refractivity contribution in [1.29, 1.82) is 0 Å². The number of rotatable bonds is 2. The quantitative estimate of drug-likeness (QED) is 0.699. The van der Waals surface area contributed by atoms with Crippen LogP contribution in [0.25, 0.3) is 0 Å². The molecule has 0 aliphatic carbocycles. The van der Waals surface area contributed by atoms with E-state index in [2.05, 4.69) is 0 Å². The highest BCUT2D eigenvalue weighted by Crippen LogP contribution is 2.26. The highest BCUT2D eigenvalue weighted by molar-refractivity contribution is 7.99. The van der Waals surface area contributed by atoms with Gasteiger partial charge in [0, 0.05) is 10.5 Å². The number of hydrogen-bond donors (Lipinski definition) is 0. The third kappa shape index (κ3) is 1.40. The Hall–Kier alpha value is -1.35. The highest BCUT2D eigenvalue weighted by atomic mass is 32.2. The third-order valence-corrected chi connectivity index (χ3v) is 3.26. The molecule has 0 atom stereocenters. The molecule has 2 aromatic rings. The van der Waals surface area contributed by atoms with Crippen LogP contribution in [0.3, 0.4) is 0 Å². The van der Waals surface area contributed by atoms with Crippen molar-refractivity contribution >= 4 is 11.8 Å². The van der Waals surface area contributed by atoms with Gasteiger partial charge in [-0.2, -0.15) is 0 Å². The molecule has 0 unspecified atom stereocenters. The fourth-order valence-corrected chi connectivity index (χ4v) is 2.17. The minimum Gasteiger partial charge on any atom is -0.285 e. The summed E-state index contributed by atoms with van der Waals surface area (Å²) in [5, 5.41) is 0. The Bertz CT molecular complexity index is 522. The third-order valence-electron chi connectivity index (χ3n) is 2.06. The van der Waals surface area contributed by atoms with E-state index in [9.17, 15) is 9.59 Å². The zero-order valence-corrected chi connectivity index (χ0v) is 8.43. The SMILES string of the molecule is Cc1c(Sc2ccccc2)c(=O)c1=O. The minimum atomic E-state index is -0.351. The van der Waals surface area contributed by atoms with Crippen LogP contribution in [0.5, 0.6) is 0 Å². The van der Waals surface area contributed by atoms with Gasteiger partial charge in [-0.25, -0.2) is 0 Å². The van der Waals surface area contributed by atoms with Crippen molar-refractivity contribution in [2.24, 2.45) is 0 Å². The summed E-state index contributed by atoms with van der Waals surface area (Å²) in [6.07, 6.45) is 0. The van der Waals surface area contributed by atoms with Crippen LogP contribution in [0, 0.1) is 6.92 Å². The molecule has 2 aromatic carbocycles. The molecule has 3 heteroatoms. The molecule has 0 amide bonds. The Morgan fingerprint density at radius 3 is 2.21 bits per heavy atom. The summed E-state index contributed by atoms with van der Waals surface area (Å²) in [4.78, 5) is 23.7. The van der Waals surface area contributed by atoms with E-state index in [-0.39, 0.29) is 10.9 Å². The molecule has 0 spiro atoms. The van der Waals surface area contributed by atoms with E-state index in [4.69, 9.17) is 0 Å². The Labute approximate surface area is 85.3 Å². The van der Waals surface area contributed by atoms with Crippen molar-refractivity contribution in [1.82, 2.24) is 0 Å². The van der Waals surface area contributed by atoms with Gasteiger partial charge < -0.3 is 0 Å². The van der Waals surface area contributed by atoms with Crippen molar-refractivity contribution in [3.63, 3.8) is 0 Å². The minimum absolute atomic E-state index is 0.344. The molecule has 0 aliphatic heterocycles. The maximum atomic E-state index is 11.1. The Kier molecular flexibility index (Phi) is 2.25. The molecule has 0 N–H and O–H groups in total. The fraction of sp³-hybridized carbons (Fsp3) is 0.0909. The first-order valence-corrected chi connectivity index (χ1v) is 5.04. The molecule has 0 fully saturated rings. The zero-order chi connectivity index (χ0) is 10.1. The smallest absolute Gasteiger partial charge is 0.240 e. The van der Waals surface area contributed by atoms with Gasteiger partial charge in [-0.05, 0) is 19.1 Å². The van der Waals surface area contributed by atoms with Crippen molar-refractivity contribution in [2.75, 3.05) is 0 Å². The molecule has 70 valence electrons. The molecule has 0 saturated carbocycles. The van der Waals surface area contributed by atoms with Crippen molar-refractivity contribution in [3.05, 3.63) is 56.3 Å². The first-order valence-electron chi connectivity index (χ1n) is 4.23. The van der Waals surface area contributed by atoms with E-state index in [1.165, 1.54) is 11.8 Å². The predicted molar refractivity (Wildman–Crippen MR) is 56.7 cm³/mol. The van der Waals surface area contributed by atoms with Gasteiger partial charge in [0.1, 0.15) is 0 Å². The monoisotopic (exact) mass is 204 g/mol. The largest absolute Gasteiger partial charge is 0.285 e. The van der Waals surface area contributed by atoms with E-state index in [0.717, 1.165) is 4.90 Å². The molecule has 14 heavy (non-hydrogen) atoms. The van der Waals surface area contributed by atoms with Crippen LogP contribution in [0.15, 0.2) is 49.7 Å². The first kappa shape index (κ1) is 9.21. The lowest BCUT2D eigenvalue weighted by atomic mass is 10.2. The van der Waals surface area contributed by atoms with Gasteiger partial charge in [0.25, 0.3) is 0 Å². The number of hydrogen-bond acceptors (Lipinski definition) is 3. The normalized spacial score (nSPS) is 10.6. The Balaban J connectivity index is 2.30. The lowest BCUT2D eigenvalue weighted by molar-refractivity contribution is 1.11. The summed E-state index contributed by atoms with van der Waals surface area (Å²) in [5.74, 6) is 0. The summed E-state index contributed by atoms with van der Waals surface area (Å²) in [7, 11) is 0. The van der Waals surface area contributed by atoms with Crippen LogP contribution in [0.2, 0.25) is 0 Å². The average molecular weight is 204 g/mol. The topological polar surface area (TPSA) is 34.1 Å². The van der Waals surface area contributed by atoms with Gasteiger partial charge in [0.2, 0.25) is 10.9 Å². The van der Waals surface area contributed by atoms with E-state index in [1.807, 2.05) is 30.3 Å². The zero-order valence-electron chi connectivity index (χ0n) is 7.61. The maximum Gasteiger partial charge on any atom is 0.240 e. The molecule has 2 nitrogen and oxygen atoms in total. The molecule has 0 saturated heterocycles. The summed E-state index contributed by atoms with van der Waals surface area (Å²) in [5.41, 5.74) is -0.108. The fourth-order valence-electron chi connectivity index (χ4n) is 1.21. The summed E-state index contributed by atoms with van der Waals surface area (Å²) in [6, 6.07) is 9.56. The van der Waals surface area contributed by atoms with E-state index < -0.39 is 0 Å². The van der Waals surface area contributed by atoms with Crippen LogP contribution >= 0.6 is 11.8 Å². The molecule has 0 heterocycles. The molecule has 0 aromatic heterocycles. The number of benzene rings is 1. The van der Waals surface area contributed by atoms with Crippen LogP contribution in [-0.4, -0.2) is 0 Å². The van der Waals surface area contributed by atoms with Gasteiger partial charge >= 0.3 is 0 Å². The van der Waals surface area contributed by atoms with Crippen LogP contribution < -0.4 is 10.9 Å². The maximum absolute atomic E-state index is 11.1. The van der Waals surface area contributed by atoms with Gasteiger partial charge in [0.05, 0.1) is 4.90 Å². The summed E-state index contributed by atoms with van der Waals surface area (Å²) >= 11 is 1.36. The molecule has 0 radical (unpaired) electrons. The first-order chi connectivity index (χ1) is 6.70. The summed E-state index contributed by atoms with van der Waals surface area (Å²) < 4.78 is 0. The van der Waals surface area contributed by atoms with Gasteiger partial charge in [-0.1, -0.05) is 30.0 Å². The highest BCUT2D eigenvalue weighted by Gasteiger charge is 2.17. The van der Waals surface area contributed by atoms with E-state index in [0.29, 0.717) is 10.5 Å². The molecular formula is C11H8O2S. The average Bonchev–Trinajstić information content (AvgIpc) is 2.26. The van der Waals surface area contributed by atoms with Gasteiger partial charge in [-0.3, -0.25) is 9.59 Å². The lowest BCUT2D eigenvalue weighted by Gasteiger charge is -2.05. The van der Waals surface area contributed by atoms with Crippen LogP contribution in [0.4, 0.5) is 0 Å².